The number of rotatable bonds is 5. The van der Waals surface area contributed by atoms with E-state index in [0.29, 0.717) is 31.7 Å². The average molecular weight is 413 g/mol. The Morgan fingerprint density at radius 1 is 1.17 bits per heavy atom. The fourth-order valence-corrected chi connectivity index (χ4v) is 3.27. The van der Waals surface area contributed by atoms with Crippen LogP contribution < -0.4 is 10.6 Å². The van der Waals surface area contributed by atoms with E-state index in [1.165, 1.54) is 12.1 Å². The number of nitrogens with zero attached hydrogens (tertiary/aromatic N) is 3. The molecular weight excluding hydrogens is 383 g/mol. The van der Waals surface area contributed by atoms with Gasteiger partial charge in [-0.1, -0.05) is 18.2 Å². The van der Waals surface area contributed by atoms with Crippen molar-refractivity contribution >= 4 is 11.9 Å². The molecule has 6 nitrogen and oxygen atoms in total. The molecule has 1 saturated heterocycles. The van der Waals surface area contributed by atoms with Gasteiger partial charge in [0.2, 0.25) is 5.91 Å². The quantitative estimate of drug-likeness (QED) is 0.574. The highest BCUT2D eigenvalue weighted by atomic mass is 19.4. The molecule has 1 fully saturated rings. The Hall–Kier alpha value is -2.29. The van der Waals surface area contributed by atoms with E-state index in [0.717, 1.165) is 25.1 Å². The Morgan fingerprint density at radius 2 is 1.83 bits per heavy atom. The Balaban J connectivity index is 1.89. The first-order valence-electron chi connectivity index (χ1n) is 9.63. The third-order valence-corrected chi connectivity index (χ3v) is 5.07. The molecule has 1 aromatic rings. The number of nitrogens with one attached hydrogen (secondary N) is 2. The van der Waals surface area contributed by atoms with Crippen molar-refractivity contribution in [1.29, 1.82) is 0 Å². The zero-order chi connectivity index (χ0) is 21.7. The summed E-state index contributed by atoms with van der Waals surface area (Å²) >= 11 is 0. The van der Waals surface area contributed by atoms with Crippen LogP contribution in [0.25, 0.3) is 0 Å². The summed E-state index contributed by atoms with van der Waals surface area (Å²) in [6.07, 6.45) is -4.32. The fraction of sp³-hybridized carbons (Fsp3) is 0.600. The van der Waals surface area contributed by atoms with E-state index in [1.807, 2.05) is 13.8 Å². The zero-order valence-corrected chi connectivity index (χ0v) is 17.4. The third kappa shape index (κ3) is 6.35. The summed E-state index contributed by atoms with van der Waals surface area (Å²) in [7, 11) is 3.31. The highest BCUT2D eigenvalue weighted by molar-refractivity contribution is 5.84. The maximum Gasteiger partial charge on any atom is 0.416 e. The molecule has 1 aromatic carbocycles. The number of alkyl halides is 3. The second-order valence-electron chi connectivity index (χ2n) is 7.83. The van der Waals surface area contributed by atoms with Gasteiger partial charge in [0.15, 0.2) is 5.96 Å². The number of hydrogen-bond acceptors (Lipinski definition) is 3. The number of halogens is 3. The number of aliphatic imine (C=N–C) groups is 1. The van der Waals surface area contributed by atoms with Gasteiger partial charge in [-0.05, 0) is 25.5 Å². The summed E-state index contributed by atoms with van der Waals surface area (Å²) in [5.74, 6) is 0.673. The van der Waals surface area contributed by atoms with E-state index >= 15 is 0 Å². The fourth-order valence-electron chi connectivity index (χ4n) is 3.27. The minimum Gasteiger partial charge on any atom is -0.359 e. The summed E-state index contributed by atoms with van der Waals surface area (Å²) in [4.78, 5) is 20.5. The minimum atomic E-state index is -4.32. The van der Waals surface area contributed by atoms with Gasteiger partial charge in [-0.25, -0.2) is 0 Å². The maximum absolute atomic E-state index is 12.9. The number of piperazine rings is 1. The molecule has 162 valence electrons. The standard InChI is InChI=1S/C20H30F3N5O/c1-19(2,17(29)24-3)14-26-18(25-4)28-10-8-27(9-11-28)13-15-6-5-7-16(12-15)20(21,22)23/h5-7,12H,8-11,13-14H2,1-4H3,(H,24,29)(H,25,26). The van der Waals surface area contributed by atoms with Crippen molar-refractivity contribution in [3.05, 3.63) is 35.4 Å². The molecule has 9 heteroatoms. The molecule has 0 saturated carbocycles. The van der Waals surface area contributed by atoms with Crippen molar-refractivity contribution in [2.75, 3.05) is 46.8 Å². The van der Waals surface area contributed by atoms with Crippen molar-refractivity contribution in [2.45, 2.75) is 26.6 Å². The summed E-state index contributed by atoms with van der Waals surface area (Å²) in [6.45, 7) is 7.50. The molecule has 1 amide bonds. The predicted octanol–water partition coefficient (Wildman–Crippen LogP) is 2.17. The summed E-state index contributed by atoms with van der Waals surface area (Å²) < 4.78 is 38.7. The first-order chi connectivity index (χ1) is 13.6. The lowest BCUT2D eigenvalue weighted by atomic mass is 9.92. The van der Waals surface area contributed by atoms with Gasteiger partial charge >= 0.3 is 6.18 Å². The monoisotopic (exact) mass is 413 g/mol. The van der Waals surface area contributed by atoms with Gasteiger partial charge in [0.1, 0.15) is 0 Å². The number of amides is 1. The van der Waals surface area contributed by atoms with Gasteiger partial charge in [-0.15, -0.1) is 0 Å². The Labute approximate surface area is 170 Å². The Morgan fingerprint density at radius 3 is 2.38 bits per heavy atom. The van der Waals surface area contributed by atoms with Crippen LogP contribution in [0.3, 0.4) is 0 Å². The number of carbonyl (C=O) groups is 1. The Bertz CT molecular complexity index is 725. The van der Waals surface area contributed by atoms with E-state index in [-0.39, 0.29) is 5.91 Å². The molecule has 2 N–H and O–H groups in total. The van der Waals surface area contributed by atoms with Crippen LogP contribution in [0.5, 0.6) is 0 Å². The maximum atomic E-state index is 12.9. The van der Waals surface area contributed by atoms with Crippen molar-refractivity contribution in [3.63, 3.8) is 0 Å². The second kappa shape index (κ2) is 9.47. The number of hydrogen-bond donors (Lipinski definition) is 2. The molecule has 2 rings (SSSR count). The molecule has 1 aliphatic heterocycles. The van der Waals surface area contributed by atoms with Gasteiger partial charge in [0.25, 0.3) is 0 Å². The van der Waals surface area contributed by atoms with E-state index in [1.54, 1.807) is 20.2 Å². The van der Waals surface area contributed by atoms with Gasteiger partial charge in [0.05, 0.1) is 11.0 Å². The van der Waals surface area contributed by atoms with Gasteiger partial charge in [0, 0.05) is 53.4 Å². The number of benzene rings is 1. The van der Waals surface area contributed by atoms with Crippen LogP contribution in [0, 0.1) is 5.41 Å². The average Bonchev–Trinajstić information content (AvgIpc) is 2.68. The highest BCUT2D eigenvalue weighted by Crippen LogP contribution is 2.29. The molecule has 0 spiro atoms. The minimum absolute atomic E-state index is 0.0497. The number of carbonyl (C=O) groups excluding carboxylic acids is 1. The second-order valence-corrected chi connectivity index (χ2v) is 7.83. The largest absolute Gasteiger partial charge is 0.416 e. The van der Waals surface area contributed by atoms with Crippen LogP contribution >= 0.6 is 0 Å². The molecule has 0 aromatic heterocycles. The lowest BCUT2D eigenvalue weighted by Crippen LogP contribution is -2.54. The molecule has 0 unspecified atom stereocenters. The summed E-state index contributed by atoms with van der Waals surface area (Å²) in [5, 5.41) is 5.91. The lowest BCUT2D eigenvalue weighted by molar-refractivity contribution is -0.137. The molecule has 0 aliphatic carbocycles. The van der Waals surface area contributed by atoms with Crippen molar-refractivity contribution in [1.82, 2.24) is 20.4 Å². The van der Waals surface area contributed by atoms with Crippen molar-refractivity contribution < 1.29 is 18.0 Å². The van der Waals surface area contributed by atoms with E-state index in [9.17, 15) is 18.0 Å². The van der Waals surface area contributed by atoms with Crippen LogP contribution in [-0.2, 0) is 17.5 Å². The van der Waals surface area contributed by atoms with E-state index < -0.39 is 17.2 Å². The highest BCUT2D eigenvalue weighted by Gasteiger charge is 2.31. The first-order valence-corrected chi connectivity index (χ1v) is 9.63. The van der Waals surface area contributed by atoms with Crippen LogP contribution in [-0.4, -0.2) is 68.5 Å². The molecule has 0 radical (unpaired) electrons. The molecule has 0 bridgehead atoms. The molecule has 0 atom stereocenters. The topological polar surface area (TPSA) is 60.0 Å². The van der Waals surface area contributed by atoms with Crippen LogP contribution in [0.1, 0.15) is 25.0 Å². The molecule has 1 heterocycles. The van der Waals surface area contributed by atoms with Crippen LogP contribution in [0.2, 0.25) is 0 Å². The van der Waals surface area contributed by atoms with E-state index in [2.05, 4.69) is 25.4 Å². The Kier molecular flexibility index (Phi) is 7.51. The molecular formula is C20H30F3N5O. The van der Waals surface area contributed by atoms with Gasteiger partial charge < -0.3 is 15.5 Å². The zero-order valence-electron chi connectivity index (χ0n) is 17.4. The molecule has 1 aliphatic rings. The summed E-state index contributed by atoms with van der Waals surface area (Å²) in [5.41, 5.74) is -0.532. The SMILES string of the molecule is CN=C(NCC(C)(C)C(=O)NC)N1CCN(Cc2cccc(C(F)(F)F)c2)CC1. The van der Waals surface area contributed by atoms with Crippen molar-refractivity contribution in [2.24, 2.45) is 10.4 Å². The van der Waals surface area contributed by atoms with E-state index in [4.69, 9.17) is 0 Å². The summed E-state index contributed by atoms with van der Waals surface area (Å²) in [6, 6.07) is 5.49. The lowest BCUT2D eigenvalue weighted by Gasteiger charge is -2.37. The normalized spacial score (nSPS) is 16.7. The van der Waals surface area contributed by atoms with Gasteiger partial charge in [-0.2, -0.15) is 13.2 Å². The van der Waals surface area contributed by atoms with Crippen molar-refractivity contribution in [3.8, 4) is 0 Å². The number of guanidine groups is 1. The molecule has 29 heavy (non-hydrogen) atoms. The first kappa shape index (κ1) is 23.0. The van der Waals surface area contributed by atoms with Crippen LogP contribution in [0.15, 0.2) is 29.3 Å². The van der Waals surface area contributed by atoms with Gasteiger partial charge in [-0.3, -0.25) is 14.7 Å². The van der Waals surface area contributed by atoms with Crippen LogP contribution in [0.4, 0.5) is 13.2 Å². The predicted molar refractivity (Wildman–Crippen MR) is 108 cm³/mol. The third-order valence-electron chi connectivity index (χ3n) is 5.07. The smallest absolute Gasteiger partial charge is 0.359 e.